The summed E-state index contributed by atoms with van der Waals surface area (Å²) in [6.07, 6.45) is 16.3. The summed E-state index contributed by atoms with van der Waals surface area (Å²) >= 11 is 0. The van der Waals surface area contributed by atoms with Crippen LogP contribution in [0.4, 0.5) is 0 Å². The Kier molecular flexibility index (Phi) is 30.7. The molecular weight excluding hydrogens is 792 g/mol. The lowest BCUT2D eigenvalue weighted by atomic mass is 9.98. The number of aliphatic hydroxyl groups is 7. The highest BCUT2D eigenvalue weighted by Crippen LogP contribution is 2.26. The zero-order valence-corrected chi connectivity index (χ0v) is 36.9. The monoisotopic (exact) mass is 873 g/mol. The minimum atomic E-state index is -1.76. The van der Waals surface area contributed by atoms with Crippen LogP contribution in [-0.2, 0) is 38.0 Å². The maximum absolute atomic E-state index is 12.9. The number of ether oxygens (including phenoxy) is 6. The molecule has 0 spiro atoms. The Morgan fingerprint density at radius 1 is 0.541 bits per heavy atom. The molecule has 11 atom stereocenters. The first-order chi connectivity index (χ1) is 29.5. The minimum Gasteiger partial charge on any atom is -0.462 e. The number of carbonyl (C=O) groups excluding carboxylic acids is 2. The molecule has 15 nitrogen and oxygen atoms in total. The first-order valence-electron chi connectivity index (χ1n) is 23.1. The molecule has 11 unspecified atom stereocenters. The van der Waals surface area contributed by atoms with Gasteiger partial charge >= 0.3 is 11.9 Å². The Morgan fingerprint density at radius 3 is 1.62 bits per heavy atom. The smallest absolute Gasteiger partial charge is 0.306 e. The lowest BCUT2D eigenvalue weighted by molar-refractivity contribution is -0.332. The van der Waals surface area contributed by atoms with E-state index >= 15 is 0 Å². The Morgan fingerprint density at radius 2 is 1.03 bits per heavy atom. The molecule has 354 valence electrons. The molecule has 0 amide bonds. The normalized spacial score (nSPS) is 27.6. The second kappa shape index (κ2) is 34.2. The van der Waals surface area contributed by atoms with E-state index < -0.39 is 92.7 Å². The largest absolute Gasteiger partial charge is 0.462 e. The topological polar surface area (TPSA) is 231 Å². The molecule has 2 aliphatic rings. The molecule has 0 aromatic rings. The lowest BCUT2D eigenvalue weighted by Crippen LogP contribution is -2.61. The Hall–Kier alpha value is -2.28. The number of unbranched alkanes of at least 4 members (excludes halogenated alkanes) is 14. The molecule has 2 aliphatic heterocycles. The summed E-state index contributed by atoms with van der Waals surface area (Å²) in [5.41, 5.74) is 0. The van der Waals surface area contributed by atoms with E-state index in [9.17, 15) is 45.3 Å². The van der Waals surface area contributed by atoms with Crippen molar-refractivity contribution in [3.63, 3.8) is 0 Å². The van der Waals surface area contributed by atoms with Gasteiger partial charge in [0.2, 0.25) is 0 Å². The maximum Gasteiger partial charge on any atom is 0.306 e. The number of hydrogen-bond donors (Lipinski definition) is 7. The van der Waals surface area contributed by atoms with Crippen LogP contribution in [0.5, 0.6) is 0 Å². The number of aliphatic hydroxyl groups excluding tert-OH is 7. The van der Waals surface area contributed by atoms with Gasteiger partial charge in [0.25, 0.3) is 0 Å². The van der Waals surface area contributed by atoms with Crippen molar-refractivity contribution >= 4 is 11.9 Å². The highest BCUT2D eigenvalue weighted by molar-refractivity contribution is 5.70. The predicted molar refractivity (Wildman–Crippen MR) is 229 cm³/mol. The first-order valence-corrected chi connectivity index (χ1v) is 23.1. The second-order valence-electron chi connectivity index (χ2n) is 16.2. The van der Waals surface area contributed by atoms with E-state index in [1.54, 1.807) is 0 Å². The zero-order valence-electron chi connectivity index (χ0n) is 36.9. The SMILES string of the molecule is CC/C=C\C/C=C\C/C=C\CCCCCCCCCC(=O)OC(COC(=O)CCCCCCCCCC)COC1OC(COC2OC(CO)C(O)C(O)C2O)C(O)C(O)C1O. The van der Waals surface area contributed by atoms with Crippen LogP contribution < -0.4 is 0 Å². The van der Waals surface area contributed by atoms with Gasteiger partial charge in [0.1, 0.15) is 55.4 Å². The van der Waals surface area contributed by atoms with Crippen LogP contribution in [0.15, 0.2) is 36.5 Å². The summed E-state index contributed by atoms with van der Waals surface area (Å²) in [5.74, 6) is -0.942. The highest BCUT2D eigenvalue weighted by Gasteiger charge is 2.47. The molecule has 2 fully saturated rings. The number of rotatable bonds is 34. The maximum atomic E-state index is 12.9. The van der Waals surface area contributed by atoms with Crippen LogP contribution in [0, 0.1) is 0 Å². The molecule has 0 aromatic carbocycles. The molecule has 15 heteroatoms. The number of esters is 2. The second-order valence-corrected chi connectivity index (χ2v) is 16.2. The Labute approximate surface area is 364 Å². The average Bonchev–Trinajstić information content (AvgIpc) is 3.25. The molecule has 0 saturated carbocycles. The van der Waals surface area contributed by atoms with Crippen molar-refractivity contribution in [2.45, 2.75) is 216 Å². The fourth-order valence-corrected chi connectivity index (χ4v) is 7.05. The molecule has 7 N–H and O–H groups in total. The van der Waals surface area contributed by atoms with Crippen molar-refractivity contribution in [1.29, 1.82) is 0 Å². The van der Waals surface area contributed by atoms with Crippen LogP contribution in [0.25, 0.3) is 0 Å². The summed E-state index contributed by atoms with van der Waals surface area (Å²) in [5, 5.41) is 71.8. The van der Waals surface area contributed by atoms with E-state index in [0.717, 1.165) is 83.5 Å². The fraction of sp³-hybridized carbons (Fsp3) is 0.826. The van der Waals surface area contributed by atoms with Gasteiger partial charge in [0.05, 0.1) is 19.8 Å². The first kappa shape index (κ1) is 54.9. The molecule has 0 radical (unpaired) electrons. The lowest BCUT2D eigenvalue weighted by Gasteiger charge is -2.42. The van der Waals surface area contributed by atoms with Gasteiger partial charge in [-0.25, -0.2) is 0 Å². The minimum absolute atomic E-state index is 0.154. The predicted octanol–water partition coefficient (Wildman–Crippen LogP) is 4.98. The van der Waals surface area contributed by atoms with E-state index in [1.165, 1.54) is 25.7 Å². The molecule has 0 aromatic heterocycles. The summed E-state index contributed by atoms with van der Waals surface area (Å²) in [6.45, 7) is 2.41. The third-order valence-electron chi connectivity index (χ3n) is 10.9. The van der Waals surface area contributed by atoms with Crippen molar-refractivity contribution in [3.8, 4) is 0 Å². The molecule has 2 rings (SSSR count). The third-order valence-corrected chi connectivity index (χ3v) is 10.9. The number of hydrogen-bond acceptors (Lipinski definition) is 15. The van der Waals surface area contributed by atoms with Gasteiger partial charge in [-0.2, -0.15) is 0 Å². The Bertz CT molecular complexity index is 1210. The van der Waals surface area contributed by atoms with Gasteiger partial charge in [-0.15, -0.1) is 0 Å². The molecular formula is C46H80O15. The average molecular weight is 873 g/mol. The van der Waals surface area contributed by atoms with Gasteiger partial charge in [-0.05, 0) is 44.9 Å². The van der Waals surface area contributed by atoms with Crippen LogP contribution >= 0.6 is 0 Å². The molecule has 2 saturated heterocycles. The van der Waals surface area contributed by atoms with E-state index in [1.807, 2.05) is 0 Å². The molecule has 61 heavy (non-hydrogen) atoms. The van der Waals surface area contributed by atoms with E-state index in [0.29, 0.717) is 12.8 Å². The van der Waals surface area contributed by atoms with E-state index in [2.05, 4.69) is 50.3 Å². The number of allylic oxidation sites excluding steroid dienone is 6. The standard InChI is InChI=1S/C46H80O15/c1-3-5-7-9-11-13-14-15-16-17-18-19-20-21-23-25-27-29-38(49)59-34(31-56-37(48)28-26-24-22-12-10-8-6-4-2)32-57-45-44(55)42(53)40(51)36(61-45)33-58-46-43(54)41(52)39(50)35(30-47)60-46/h5,7,11,13,15-16,34-36,39-47,50-55H,3-4,6,8-10,12,14,17-33H2,1-2H3/b7-5-,13-11-,16-15-. The molecule has 2 heterocycles. The van der Waals surface area contributed by atoms with Gasteiger partial charge in [0, 0.05) is 12.8 Å². The summed E-state index contributed by atoms with van der Waals surface area (Å²) in [4.78, 5) is 25.5. The van der Waals surface area contributed by atoms with Crippen molar-refractivity contribution in [1.82, 2.24) is 0 Å². The van der Waals surface area contributed by atoms with E-state index in [-0.39, 0.29) is 26.1 Å². The van der Waals surface area contributed by atoms with Gasteiger partial charge in [0.15, 0.2) is 18.7 Å². The summed E-state index contributed by atoms with van der Waals surface area (Å²) in [6, 6.07) is 0. The fourth-order valence-electron chi connectivity index (χ4n) is 7.05. The summed E-state index contributed by atoms with van der Waals surface area (Å²) < 4.78 is 33.4. The quantitative estimate of drug-likeness (QED) is 0.0257. The van der Waals surface area contributed by atoms with E-state index in [4.69, 9.17) is 28.4 Å². The number of carbonyl (C=O) groups is 2. The van der Waals surface area contributed by atoms with Crippen molar-refractivity contribution in [3.05, 3.63) is 36.5 Å². The molecule has 0 bridgehead atoms. The van der Waals surface area contributed by atoms with Crippen LogP contribution in [0.3, 0.4) is 0 Å². The highest BCUT2D eigenvalue weighted by atomic mass is 16.7. The van der Waals surface area contributed by atoms with Gasteiger partial charge in [-0.1, -0.05) is 127 Å². The van der Waals surface area contributed by atoms with Crippen molar-refractivity contribution in [2.75, 3.05) is 26.4 Å². The summed E-state index contributed by atoms with van der Waals surface area (Å²) in [7, 11) is 0. The van der Waals surface area contributed by atoms with Crippen LogP contribution in [0.1, 0.15) is 149 Å². The zero-order chi connectivity index (χ0) is 44.7. The Balaban J connectivity index is 1.83. The van der Waals surface area contributed by atoms with Gasteiger partial charge < -0.3 is 64.2 Å². The van der Waals surface area contributed by atoms with Gasteiger partial charge in [-0.3, -0.25) is 9.59 Å². The third kappa shape index (κ3) is 23.3. The molecule has 0 aliphatic carbocycles. The van der Waals surface area contributed by atoms with Crippen LogP contribution in [0.2, 0.25) is 0 Å². The van der Waals surface area contributed by atoms with Crippen molar-refractivity contribution < 1.29 is 73.8 Å². The van der Waals surface area contributed by atoms with Crippen molar-refractivity contribution in [2.24, 2.45) is 0 Å². The van der Waals surface area contributed by atoms with Crippen LogP contribution in [-0.4, -0.2) is 142 Å².